The van der Waals surface area contributed by atoms with Crippen LogP contribution in [0.3, 0.4) is 0 Å². The Morgan fingerprint density at radius 2 is 2.11 bits per heavy atom. The summed E-state index contributed by atoms with van der Waals surface area (Å²) >= 11 is 3.41. The van der Waals surface area contributed by atoms with Crippen LogP contribution in [0.4, 0.5) is 5.69 Å². The van der Waals surface area contributed by atoms with Crippen molar-refractivity contribution in [3.05, 3.63) is 45.2 Å². The third-order valence-corrected chi connectivity index (χ3v) is 3.57. The van der Waals surface area contributed by atoms with Crippen molar-refractivity contribution in [2.24, 2.45) is 0 Å². The molecular weight excluding hydrogens is 306 g/mol. The van der Waals surface area contributed by atoms with E-state index in [2.05, 4.69) is 31.4 Å². The molecule has 1 aromatic carbocycles. The van der Waals surface area contributed by atoms with Crippen LogP contribution in [0, 0.1) is 20.8 Å². The number of hydrogen-bond acceptors (Lipinski definition) is 2. The molecule has 2 N–H and O–H groups in total. The van der Waals surface area contributed by atoms with Crippen LogP contribution in [-0.4, -0.2) is 16.1 Å². The highest BCUT2D eigenvalue weighted by atomic mass is 79.9. The second-order valence-electron chi connectivity index (χ2n) is 4.60. The van der Waals surface area contributed by atoms with Gasteiger partial charge in [0.05, 0.1) is 12.1 Å². The number of hydrogen-bond donors (Lipinski definition) is 2. The molecule has 4 nitrogen and oxygen atoms in total. The van der Waals surface area contributed by atoms with Crippen LogP contribution >= 0.6 is 15.9 Å². The second kappa shape index (κ2) is 5.57. The molecule has 0 fully saturated rings. The van der Waals surface area contributed by atoms with Gasteiger partial charge < -0.3 is 5.32 Å². The lowest BCUT2D eigenvalue weighted by Gasteiger charge is -2.09. The fraction of sp³-hybridized carbons (Fsp3) is 0.286. The highest BCUT2D eigenvalue weighted by Crippen LogP contribution is 2.20. The Balaban J connectivity index is 2.10. The van der Waals surface area contributed by atoms with Crippen LogP contribution < -0.4 is 5.32 Å². The minimum Gasteiger partial charge on any atom is -0.326 e. The van der Waals surface area contributed by atoms with E-state index in [0.29, 0.717) is 6.42 Å². The number of benzene rings is 1. The number of aromatic nitrogens is 2. The molecule has 0 aliphatic heterocycles. The van der Waals surface area contributed by atoms with Gasteiger partial charge in [-0.15, -0.1) is 0 Å². The van der Waals surface area contributed by atoms with E-state index >= 15 is 0 Å². The van der Waals surface area contributed by atoms with Crippen molar-refractivity contribution in [2.75, 3.05) is 5.32 Å². The summed E-state index contributed by atoms with van der Waals surface area (Å²) < 4.78 is 1.00. The van der Waals surface area contributed by atoms with Crippen molar-refractivity contribution < 1.29 is 4.79 Å². The fourth-order valence-electron chi connectivity index (χ4n) is 1.96. The number of aromatic amines is 1. The average Bonchev–Trinajstić information content (AvgIpc) is 2.65. The largest absolute Gasteiger partial charge is 0.326 e. The van der Waals surface area contributed by atoms with Crippen LogP contribution in [0.2, 0.25) is 0 Å². The van der Waals surface area contributed by atoms with E-state index in [9.17, 15) is 4.79 Å². The lowest BCUT2D eigenvalue weighted by molar-refractivity contribution is -0.115. The number of nitrogens with zero attached hydrogens (tertiary/aromatic N) is 1. The molecule has 1 aromatic heterocycles. The number of aryl methyl sites for hydroxylation is 3. The van der Waals surface area contributed by atoms with E-state index in [-0.39, 0.29) is 5.91 Å². The Morgan fingerprint density at radius 1 is 1.37 bits per heavy atom. The van der Waals surface area contributed by atoms with E-state index in [0.717, 1.165) is 32.7 Å². The summed E-state index contributed by atoms with van der Waals surface area (Å²) in [5.74, 6) is -0.0296. The molecular formula is C14H16BrN3O. The Labute approximate surface area is 120 Å². The van der Waals surface area contributed by atoms with Gasteiger partial charge in [0.25, 0.3) is 0 Å². The van der Waals surface area contributed by atoms with E-state index in [1.807, 2.05) is 39.0 Å². The molecule has 0 radical (unpaired) electrons. The number of nitrogens with one attached hydrogen (secondary N) is 2. The Morgan fingerprint density at radius 3 is 2.68 bits per heavy atom. The van der Waals surface area contributed by atoms with Crippen LogP contribution in [0.1, 0.15) is 22.5 Å². The maximum atomic E-state index is 12.1. The molecule has 0 saturated heterocycles. The average molecular weight is 322 g/mol. The number of carbonyl (C=O) groups is 1. The molecule has 0 saturated carbocycles. The first-order valence-corrected chi connectivity index (χ1v) is 6.83. The van der Waals surface area contributed by atoms with Gasteiger partial charge in [-0.05, 0) is 44.5 Å². The minimum atomic E-state index is -0.0296. The zero-order valence-corrected chi connectivity index (χ0v) is 12.8. The predicted molar refractivity (Wildman–Crippen MR) is 79.3 cm³/mol. The summed E-state index contributed by atoms with van der Waals surface area (Å²) in [5, 5.41) is 9.91. The fourth-order valence-corrected chi connectivity index (χ4v) is 2.43. The maximum absolute atomic E-state index is 12.1. The molecule has 2 rings (SSSR count). The molecule has 0 aliphatic rings. The van der Waals surface area contributed by atoms with Gasteiger partial charge in [0.2, 0.25) is 5.91 Å². The highest BCUT2D eigenvalue weighted by Gasteiger charge is 2.12. The minimum absolute atomic E-state index is 0.0296. The first-order chi connectivity index (χ1) is 8.97. The molecule has 5 heteroatoms. The van der Waals surface area contributed by atoms with Gasteiger partial charge in [0.15, 0.2) is 0 Å². The van der Waals surface area contributed by atoms with Gasteiger partial charge >= 0.3 is 0 Å². The lowest BCUT2D eigenvalue weighted by atomic mass is 10.1. The first-order valence-electron chi connectivity index (χ1n) is 6.04. The first kappa shape index (κ1) is 13.8. The summed E-state index contributed by atoms with van der Waals surface area (Å²) in [4.78, 5) is 12.1. The standard InChI is InChI=1S/C14H16BrN3O/c1-8-6-11(15)4-5-13(8)16-14(19)7-12-9(2)17-18-10(12)3/h4-6H,7H2,1-3H3,(H,16,19)(H,17,18). The van der Waals surface area contributed by atoms with Crippen LogP contribution in [-0.2, 0) is 11.2 Å². The third kappa shape index (κ3) is 3.23. The summed E-state index contributed by atoms with van der Waals surface area (Å²) in [6.07, 6.45) is 0.337. The number of rotatable bonds is 3. The molecule has 100 valence electrons. The van der Waals surface area contributed by atoms with Gasteiger partial charge in [-0.2, -0.15) is 5.10 Å². The topological polar surface area (TPSA) is 57.8 Å². The monoisotopic (exact) mass is 321 g/mol. The van der Waals surface area contributed by atoms with E-state index in [4.69, 9.17) is 0 Å². The molecule has 1 heterocycles. The maximum Gasteiger partial charge on any atom is 0.228 e. The number of amides is 1. The van der Waals surface area contributed by atoms with Gasteiger partial charge in [-0.25, -0.2) is 0 Å². The molecule has 0 spiro atoms. The van der Waals surface area contributed by atoms with Crippen molar-refractivity contribution in [1.29, 1.82) is 0 Å². The van der Waals surface area contributed by atoms with Crippen molar-refractivity contribution in [2.45, 2.75) is 27.2 Å². The molecule has 0 bridgehead atoms. The van der Waals surface area contributed by atoms with Crippen LogP contribution in [0.25, 0.3) is 0 Å². The van der Waals surface area contributed by atoms with E-state index < -0.39 is 0 Å². The van der Waals surface area contributed by atoms with E-state index in [1.165, 1.54) is 0 Å². The smallest absolute Gasteiger partial charge is 0.228 e. The van der Waals surface area contributed by atoms with Crippen molar-refractivity contribution in [3.8, 4) is 0 Å². The number of anilines is 1. The zero-order valence-electron chi connectivity index (χ0n) is 11.2. The highest BCUT2D eigenvalue weighted by molar-refractivity contribution is 9.10. The molecule has 0 aliphatic carbocycles. The normalized spacial score (nSPS) is 10.5. The Kier molecular flexibility index (Phi) is 4.04. The Bertz CT molecular complexity index is 600. The quantitative estimate of drug-likeness (QED) is 0.911. The summed E-state index contributed by atoms with van der Waals surface area (Å²) in [7, 11) is 0. The molecule has 0 unspecified atom stereocenters. The predicted octanol–water partition coefficient (Wildman–Crippen LogP) is 3.28. The molecule has 1 amide bonds. The van der Waals surface area contributed by atoms with Gasteiger partial charge in [-0.1, -0.05) is 15.9 Å². The molecule has 0 atom stereocenters. The van der Waals surface area contributed by atoms with Gasteiger partial charge in [0, 0.05) is 21.4 Å². The summed E-state index contributed by atoms with van der Waals surface area (Å²) in [5.41, 5.74) is 4.66. The number of carbonyl (C=O) groups excluding carboxylic acids is 1. The van der Waals surface area contributed by atoms with Gasteiger partial charge in [0.1, 0.15) is 0 Å². The zero-order chi connectivity index (χ0) is 14.0. The van der Waals surface area contributed by atoms with Crippen molar-refractivity contribution in [1.82, 2.24) is 10.2 Å². The number of H-pyrrole nitrogens is 1. The summed E-state index contributed by atoms with van der Waals surface area (Å²) in [6.45, 7) is 5.79. The summed E-state index contributed by atoms with van der Waals surface area (Å²) in [6, 6.07) is 5.79. The van der Waals surface area contributed by atoms with Crippen LogP contribution in [0.5, 0.6) is 0 Å². The van der Waals surface area contributed by atoms with Gasteiger partial charge in [-0.3, -0.25) is 9.89 Å². The SMILES string of the molecule is Cc1cc(Br)ccc1NC(=O)Cc1c(C)n[nH]c1C. The van der Waals surface area contributed by atoms with E-state index in [1.54, 1.807) is 0 Å². The molecule has 2 aromatic rings. The van der Waals surface area contributed by atoms with Crippen molar-refractivity contribution >= 4 is 27.5 Å². The molecule has 19 heavy (non-hydrogen) atoms. The number of halogens is 1. The Hall–Kier alpha value is -1.62. The van der Waals surface area contributed by atoms with Crippen LogP contribution in [0.15, 0.2) is 22.7 Å². The van der Waals surface area contributed by atoms with Crippen molar-refractivity contribution in [3.63, 3.8) is 0 Å². The third-order valence-electron chi connectivity index (χ3n) is 3.08. The second-order valence-corrected chi connectivity index (χ2v) is 5.51. The lowest BCUT2D eigenvalue weighted by Crippen LogP contribution is -2.15.